The van der Waals surface area contributed by atoms with Crippen LogP contribution in [-0.2, 0) is 0 Å². The number of ether oxygens (including phenoxy) is 1. The molecular formula is C23H15ClF4N6O. The first kappa shape index (κ1) is 22.8. The summed E-state index contributed by atoms with van der Waals surface area (Å²) < 4.78 is 57.7. The normalized spacial score (nSPS) is 11.8. The van der Waals surface area contributed by atoms with E-state index in [2.05, 4.69) is 24.9 Å². The van der Waals surface area contributed by atoms with Crippen LogP contribution in [0.4, 0.5) is 29.1 Å². The number of benzene rings is 2. The molecule has 12 heteroatoms. The third-order valence-corrected chi connectivity index (χ3v) is 5.57. The third-order valence-electron chi connectivity index (χ3n) is 5.28. The highest BCUT2D eigenvalue weighted by atomic mass is 35.5. The van der Waals surface area contributed by atoms with E-state index in [0.717, 1.165) is 5.56 Å². The fraction of sp³-hybridized carbons (Fsp3) is 0.130. The molecule has 0 aliphatic rings. The van der Waals surface area contributed by atoms with E-state index >= 15 is 0 Å². The van der Waals surface area contributed by atoms with E-state index in [-0.39, 0.29) is 10.9 Å². The van der Waals surface area contributed by atoms with Crippen LogP contribution in [0, 0.1) is 5.82 Å². The Kier molecular flexibility index (Phi) is 5.64. The maximum Gasteiger partial charge on any atom is 0.422 e. The minimum atomic E-state index is -4.44. The second kappa shape index (κ2) is 8.66. The van der Waals surface area contributed by atoms with E-state index in [1.807, 2.05) is 24.3 Å². The summed E-state index contributed by atoms with van der Waals surface area (Å²) in [7, 11) is 1.77. The minimum Gasteiger partial charge on any atom is -0.468 e. The van der Waals surface area contributed by atoms with E-state index in [9.17, 15) is 17.6 Å². The average Bonchev–Trinajstić information content (AvgIpc) is 3.32. The Morgan fingerprint density at radius 2 is 1.91 bits per heavy atom. The van der Waals surface area contributed by atoms with Crippen LogP contribution >= 0.6 is 11.6 Å². The predicted molar refractivity (Wildman–Crippen MR) is 123 cm³/mol. The molecule has 0 spiro atoms. The van der Waals surface area contributed by atoms with Crippen molar-refractivity contribution < 1.29 is 22.3 Å². The largest absolute Gasteiger partial charge is 0.468 e. The van der Waals surface area contributed by atoms with Crippen LogP contribution in [0.2, 0.25) is 5.02 Å². The van der Waals surface area contributed by atoms with Crippen LogP contribution < -0.4 is 9.64 Å². The Bertz CT molecular complexity index is 1540. The number of anilines is 2. The SMILES string of the molecule is CN(c1cccc(-c2ccc(OCC(F)(F)F)nc2)c1)c1nc2nncn2c2cc(Cl)c(F)cc12. The number of aromatic nitrogens is 5. The van der Waals surface area contributed by atoms with Crippen molar-refractivity contribution in [2.45, 2.75) is 6.18 Å². The summed E-state index contributed by atoms with van der Waals surface area (Å²) in [5.41, 5.74) is 2.73. The van der Waals surface area contributed by atoms with Gasteiger partial charge in [-0.2, -0.15) is 18.2 Å². The summed E-state index contributed by atoms with van der Waals surface area (Å²) in [6.45, 7) is -1.41. The molecule has 0 aliphatic carbocycles. The molecule has 3 heterocycles. The minimum absolute atomic E-state index is 0.0375. The Morgan fingerprint density at radius 3 is 2.66 bits per heavy atom. The lowest BCUT2D eigenvalue weighted by atomic mass is 10.1. The highest BCUT2D eigenvalue weighted by Crippen LogP contribution is 2.34. The Labute approximate surface area is 200 Å². The Hall–Kier alpha value is -3.99. The molecule has 5 aromatic rings. The fourth-order valence-corrected chi connectivity index (χ4v) is 3.77. The Balaban J connectivity index is 1.50. The zero-order valence-corrected chi connectivity index (χ0v) is 18.7. The van der Waals surface area contributed by atoms with E-state index in [1.165, 1.54) is 30.7 Å². The van der Waals surface area contributed by atoms with Gasteiger partial charge in [-0.05, 0) is 35.9 Å². The van der Waals surface area contributed by atoms with Crippen molar-refractivity contribution in [3.8, 4) is 17.0 Å². The van der Waals surface area contributed by atoms with Gasteiger partial charge in [-0.15, -0.1) is 10.2 Å². The first-order valence-electron chi connectivity index (χ1n) is 10.2. The van der Waals surface area contributed by atoms with Crippen LogP contribution in [0.15, 0.2) is 61.1 Å². The molecule has 3 aromatic heterocycles. The standard InChI is InChI=1S/C23H15ClF4N6O/c1-33(21-16-8-18(25)17(24)9-19(16)34-12-30-32-22(34)31-21)15-4-2-3-13(7-15)14-5-6-20(29-10-14)35-11-23(26,27)28/h2-10,12H,11H2,1H3. The molecule has 0 bridgehead atoms. The second-order valence-electron chi connectivity index (χ2n) is 7.62. The molecule has 178 valence electrons. The summed E-state index contributed by atoms with van der Waals surface area (Å²) in [5.74, 6) is 0.0343. The monoisotopic (exact) mass is 502 g/mol. The summed E-state index contributed by atoms with van der Waals surface area (Å²) in [4.78, 5) is 10.3. The fourth-order valence-electron chi connectivity index (χ4n) is 3.61. The van der Waals surface area contributed by atoms with Gasteiger partial charge in [0.15, 0.2) is 6.61 Å². The average molecular weight is 503 g/mol. The molecule has 0 atom stereocenters. The zero-order chi connectivity index (χ0) is 24.7. The lowest BCUT2D eigenvalue weighted by Gasteiger charge is -2.21. The van der Waals surface area contributed by atoms with Gasteiger partial charge in [0.25, 0.3) is 5.78 Å². The van der Waals surface area contributed by atoms with E-state index in [1.54, 1.807) is 22.4 Å². The van der Waals surface area contributed by atoms with Crippen molar-refractivity contribution >= 4 is 39.8 Å². The molecule has 5 rings (SSSR count). The van der Waals surface area contributed by atoms with E-state index < -0.39 is 18.6 Å². The molecular weight excluding hydrogens is 488 g/mol. The van der Waals surface area contributed by atoms with Gasteiger partial charge in [-0.25, -0.2) is 9.37 Å². The van der Waals surface area contributed by atoms with Crippen molar-refractivity contribution in [2.24, 2.45) is 0 Å². The number of hydrogen-bond donors (Lipinski definition) is 0. The summed E-state index contributed by atoms with van der Waals surface area (Å²) in [6.07, 6.45) is -1.54. The van der Waals surface area contributed by atoms with Gasteiger partial charge >= 0.3 is 6.18 Å². The van der Waals surface area contributed by atoms with Gasteiger partial charge in [-0.3, -0.25) is 4.40 Å². The highest BCUT2D eigenvalue weighted by Gasteiger charge is 2.28. The predicted octanol–water partition coefficient (Wildman–Crippen LogP) is 5.84. The van der Waals surface area contributed by atoms with Crippen molar-refractivity contribution in [2.75, 3.05) is 18.6 Å². The highest BCUT2D eigenvalue weighted by molar-refractivity contribution is 6.31. The molecule has 0 saturated heterocycles. The molecule has 0 amide bonds. The quantitative estimate of drug-likeness (QED) is 0.281. The van der Waals surface area contributed by atoms with Crippen LogP contribution in [-0.4, -0.2) is 44.4 Å². The smallest absolute Gasteiger partial charge is 0.422 e. The second-order valence-corrected chi connectivity index (χ2v) is 8.03. The van der Waals surface area contributed by atoms with Crippen LogP contribution in [0.3, 0.4) is 0 Å². The van der Waals surface area contributed by atoms with Crippen molar-refractivity contribution in [1.82, 2.24) is 24.6 Å². The first-order chi connectivity index (χ1) is 16.7. The van der Waals surface area contributed by atoms with Crippen LogP contribution in [0.1, 0.15) is 0 Å². The van der Waals surface area contributed by atoms with Crippen LogP contribution in [0.25, 0.3) is 27.8 Å². The van der Waals surface area contributed by atoms with E-state index in [0.29, 0.717) is 33.7 Å². The summed E-state index contributed by atoms with van der Waals surface area (Å²) in [5, 5.41) is 8.35. The first-order valence-corrected chi connectivity index (χ1v) is 10.6. The van der Waals surface area contributed by atoms with Crippen molar-refractivity contribution in [1.29, 1.82) is 0 Å². The van der Waals surface area contributed by atoms with Gasteiger partial charge in [0.05, 0.1) is 10.5 Å². The topological polar surface area (TPSA) is 68.4 Å². The molecule has 0 fully saturated rings. The summed E-state index contributed by atoms with van der Waals surface area (Å²) in [6, 6.07) is 13.1. The number of pyridine rings is 1. The Morgan fingerprint density at radius 1 is 1.09 bits per heavy atom. The summed E-state index contributed by atoms with van der Waals surface area (Å²) >= 11 is 6.01. The maximum atomic E-state index is 14.4. The molecule has 2 aromatic carbocycles. The molecule has 0 unspecified atom stereocenters. The molecule has 0 aliphatic heterocycles. The number of hydrogen-bond acceptors (Lipinski definition) is 6. The van der Waals surface area contributed by atoms with Gasteiger partial charge in [0.1, 0.15) is 18.0 Å². The van der Waals surface area contributed by atoms with Crippen molar-refractivity contribution in [3.05, 3.63) is 71.9 Å². The third kappa shape index (κ3) is 4.54. The number of fused-ring (bicyclic) bond motifs is 3. The van der Waals surface area contributed by atoms with E-state index in [4.69, 9.17) is 11.6 Å². The zero-order valence-electron chi connectivity index (χ0n) is 18.0. The van der Waals surface area contributed by atoms with Gasteiger partial charge < -0.3 is 9.64 Å². The van der Waals surface area contributed by atoms with Gasteiger partial charge in [-0.1, -0.05) is 23.7 Å². The number of nitrogens with zero attached hydrogens (tertiary/aromatic N) is 6. The molecule has 0 radical (unpaired) electrons. The lowest BCUT2D eigenvalue weighted by Crippen LogP contribution is -2.19. The molecule has 0 N–H and O–H groups in total. The molecule has 0 saturated carbocycles. The number of alkyl halides is 3. The van der Waals surface area contributed by atoms with Gasteiger partial charge in [0.2, 0.25) is 5.88 Å². The molecule has 35 heavy (non-hydrogen) atoms. The maximum absolute atomic E-state index is 14.4. The van der Waals surface area contributed by atoms with Crippen LogP contribution in [0.5, 0.6) is 5.88 Å². The number of halogens is 5. The van der Waals surface area contributed by atoms with Crippen molar-refractivity contribution in [3.63, 3.8) is 0 Å². The molecule has 7 nitrogen and oxygen atoms in total. The van der Waals surface area contributed by atoms with Gasteiger partial charge in [0, 0.05) is 35.9 Å². The lowest BCUT2D eigenvalue weighted by molar-refractivity contribution is -0.154. The number of rotatable bonds is 5.